The summed E-state index contributed by atoms with van der Waals surface area (Å²) in [5.74, 6) is 0.481. The summed E-state index contributed by atoms with van der Waals surface area (Å²) >= 11 is 0. The van der Waals surface area contributed by atoms with Gasteiger partial charge in [-0.2, -0.15) is 0 Å². The number of hydrogen-bond donors (Lipinski definition) is 1. The Balaban J connectivity index is 1.74. The van der Waals surface area contributed by atoms with Crippen molar-refractivity contribution in [3.05, 3.63) is 58.2 Å². The molecule has 2 aromatic carbocycles. The van der Waals surface area contributed by atoms with E-state index in [0.717, 1.165) is 64.8 Å². The summed E-state index contributed by atoms with van der Waals surface area (Å²) in [4.78, 5) is 12.3. The van der Waals surface area contributed by atoms with Crippen LogP contribution in [-0.2, 0) is 9.53 Å². The highest BCUT2D eigenvalue weighted by Gasteiger charge is 2.36. The van der Waals surface area contributed by atoms with Gasteiger partial charge in [0.2, 0.25) is 0 Å². The van der Waals surface area contributed by atoms with E-state index in [9.17, 15) is 9.90 Å². The lowest BCUT2D eigenvalue weighted by Crippen LogP contribution is -2.19. The summed E-state index contributed by atoms with van der Waals surface area (Å²) in [6.07, 6.45) is 7.47. The summed E-state index contributed by atoms with van der Waals surface area (Å²) in [7, 11) is 0. The molecule has 0 unspecified atom stereocenters. The van der Waals surface area contributed by atoms with Crippen LogP contribution in [0.25, 0.3) is 17.2 Å². The van der Waals surface area contributed by atoms with Gasteiger partial charge in [0, 0.05) is 11.1 Å². The van der Waals surface area contributed by atoms with Crippen molar-refractivity contribution in [2.75, 3.05) is 6.61 Å². The smallest absolute Gasteiger partial charge is 0.337 e. The van der Waals surface area contributed by atoms with Crippen LogP contribution in [-0.4, -0.2) is 23.8 Å². The number of benzene rings is 2. The van der Waals surface area contributed by atoms with Gasteiger partial charge in [-0.1, -0.05) is 24.3 Å². The molecule has 1 aliphatic heterocycles. The molecule has 4 nitrogen and oxygen atoms in total. The van der Waals surface area contributed by atoms with Gasteiger partial charge in [-0.3, -0.25) is 0 Å². The summed E-state index contributed by atoms with van der Waals surface area (Å²) < 4.78 is 11.8. The molecule has 0 amide bonds. The lowest BCUT2D eigenvalue weighted by Gasteiger charge is -2.25. The van der Waals surface area contributed by atoms with Crippen molar-refractivity contribution in [1.82, 2.24) is 0 Å². The number of ether oxygens (including phenoxy) is 2. The molecule has 2 aromatic rings. The van der Waals surface area contributed by atoms with Crippen LogP contribution in [0.2, 0.25) is 0 Å². The van der Waals surface area contributed by atoms with Gasteiger partial charge in [0.1, 0.15) is 12.4 Å². The number of carboxylic acid groups (broad SMARTS) is 1. The second-order valence-electron chi connectivity index (χ2n) is 8.45. The maximum atomic E-state index is 12.3. The van der Waals surface area contributed by atoms with E-state index in [1.165, 1.54) is 5.56 Å². The molecule has 0 bridgehead atoms. The fourth-order valence-electron chi connectivity index (χ4n) is 4.37. The Kier molecular flexibility index (Phi) is 4.47. The van der Waals surface area contributed by atoms with E-state index in [1.54, 1.807) is 0 Å². The van der Waals surface area contributed by atoms with Crippen molar-refractivity contribution in [3.63, 3.8) is 0 Å². The van der Waals surface area contributed by atoms with Crippen LogP contribution in [0.4, 0.5) is 0 Å². The normalized spacial score (nSPS) is 18.8. The van der Waals surface area contributed by atoms with Gasteiger partial charge < -0.3 is 14.6 Å². The topological polar surface area (TPSA) is 55.8 Å². The number of aryl methyl sites for hydroxylation is 1. The second kappa shape index (κ2) is 7.03. The molecule has 29 heavy (non-hydrogen) atoms. The van der Waals surface area contributed by atoms with E-state index < -0.39 is 12.1 Å². The monoisotopic (exact) mass is 390 g/mol. The third-order valence-corrected chi connectivity index (χ3v) is 6.22. The molecule has 4 heteroatoms. The molecule has 150 valence electrons. The van der Waals surface area contributed by atoms with Crippen molar-refractivity contribution in [2.24, 2.45) is 0 Å². The van der Waals surface area contributed by atoms with Gasteiger partial charge in [0.25, 0.3) is 0 Å². The minimum absolute atomic E-state index is 0.0638. The first-order valence-electron chi connectivity index (χ1n) is 10.5. The highest BCUT2D eigenvalue weighted by Crippen LogP contribution is 2.49. The highest BCUT2D eigenvalue weighted by molar-refractivity contribution is 5.86. The van der Waals surface area contributed by atoms with Gasteiger partial charge in [0.15, 0.2) is 6.10 Å². The largest absolute Gasteiger partial charge is 0.489 e. The van der Waals surface area contributed by atoms with Crippen LogP contribution in [0.15, 0.2) is 30.3 Å². The number of aliphatic carboxylic acids is 1. The Hall–Kier alpha value is -2.59. The molecule has 3 aliphatic rings. The Morgan fingerprint density at radius 2 is 1.93 bits per heavy atom. The van der Waals surface area contributed by atoms with Gasteiger partial charge in [-0.25, -0.2) is 4.79 Å². The average molecular weight is 390 g/mol. The zero-order valence-corrected chi connectivity index (χ0v) is 16.9. The Morgan fingerprint density at radius 1 is 1.14 bits per heavy atom. The third-order valence-electron chi connectivity index (χ3n) is 6.22. The molecule has 2 fully saturated rings. The first-order chi connectivity index (χ1) is 14.0. The Bertz CT molecular complexity index is 1010. The predicted molar refractivity (Wildman–Crippen MR) is 112 cm³/mol. The van der Waals surface area contributed by atoms with Gasteiger partial charge in [-0.15, -0.1) is 0 Å². The molecule has 0 saturated heterocycles. The summed E-state index contributed by atoms with van der Waals surface area (Å²) in [6, 6.07) is 8.36. The summed E-state index contributed by atoms with van der Waals surface area (Å²) in [6.45, 7) is 4.69. The molecule has 0 radical (unpaired) electrons. The van der Waals surface area contributed by atoms with Crippen LogP contribution in [0.1, 0.15) is 65.5 Å². The SMILES string of the molecule is Cc1ccc(C2CC2)c(-c2ccc3c(c2C)C=CCO3)c1[C@H](OC1CC1)C(=O)O. The number of rotatable bonds is 6. The van der Waals surface area contributed by atoms with E-state index >= 15 is 0 Å². The van der Waals surface area contributed by atoms with E-state index in [1.807, 2.05) is 19.1 Å². The number of carbonyl (C=O) groups is 1. The van der Waals surface area contributed by atoms with E-state index in [-0.39, 0.29) is 6.10 Å². The van der Waals surface area contributed by atoms with Crippen LogP contribution in [0, 0.1) is 13.8 Å². The van der Waals surface area contributed by atoms with Crippen LogP contribution < -0.4 is 4.74 Å². The lowest BCUT2D eigenvalue weighted by atomic mass is 9.83. The van der Waals surface area contributed by atoms with E-state index in [0.29, 0.717) is 12.5 Å². The molecular formula is C25H26O4. The highest BCUT2D eigenvalue weighted by atomic mass is 16.5. The number of fused-ring (bicyclic) bond motifs is 1. The van der Waals surface area contributed by atoms with Crippen molar-refractivity contribution in [1.29, 1.82) is 0 Å². The van der Waals surface area contributed by atoms with Gasteiger partial charge >= 0.3 is 5.97 Å². The van der Waals surface area contributed by atoms with Gasteiger partial charge in [0.05, 0.1) is 6.10 Å². The maximum Gasteiger partial charge on any atom is 0.337 e. The molecule has 2 saturated carbocycles. The van der Waals surface area contributed by atoms with Crippen LogP contribution in [0.3, 0.4) is 0 Å². The van der Waals surface area contributed by atoms with Crippen molar-refractivity contribution < 1.29 is 19.4 Å². The molecule has 1 N–H and O–H groups in total. The first-order valence-corrected chi connectivity index (χ1v) is 10.5. The standard InChI is InChI=1S/C25H26O4/c1-14-5-10-20(16-6-7-16)23(22(14)24(25(26)27)29-17-8-9-17)19-11-12-21-18(15(19)2)4-3-13-28-21/h3-5,10-12,16-17,24H,6-9,13H2,1-2H3,(H,26,27)/t24-/m0/s1. The van der Waals surface area contributed by atoms with Crippen LogP contribution in [0.5, 0.6) is 5.75 Å². The third kappa shape index (κ3) is 3.36. The average Bonchev–Trinajstić information content (AvgIpc) is 3.61. The fraction of sp³-hybridized carbons (Fsp3) is 0.400. The van der Waals surface area contributed by atoms with Crippen molar-refractivity contribution >= 4 is 12.0 Å². The first kappa shape index (κ1) is 18.4. The van der Waals surface area contributed by atoms with Crippen LogP contribution >= 0.6 is 0 Å². The van der Waals surface area contributed by atoms with Crippen molar-refractivity contribution in [2.45, 2.75) is 57.7 Å². The maximum absolute atomic E-state index is 12.3. The lowest BCUT2D eigenvalue weighted by molar-refractivity contribution is -0.151. The fourth-order valence-corrected chi connectivity index (χ4v) is 4.37. The Morgan fingerprint density at radius 3 is 2.62 bits per heavy atom. The quantitative estimate of drug-likeness (QED) is 0.702. The second-order valence-corrected chi connectivity index (χ2v) is 8.45. The molecule has 2 aliphatic carbocycles. The molecule has 0 spiro atoms. The zero-order valence-electron chi connectivity index (χ0n) is 16.9. The predicted octanol–water partition coefficient (Wildman–Crippen LogP) is 5.56. The van der Waals surface area contributed by atoms with Gasteiger partial charge in [-0.05, 0) is 85.4 Å². The minimum Gasteiger partial charge on any atom is -0.489 e. The molecule has 1 heterocycles. The number of hydrogen-bond acceptors (Lipinski definition) is 3. The Labute approximate surface area is 171 Å². The molecule has 5 rings (SSSR count). The summed E-state index contributed by atoms with van der Waals surface area (Å²) in [5, 5.41) is 10.0. The zero-order chi connectivity index (χ0) is 20.1. The summed E-state index contributed by atoms with van der Waals surface area (Å²) in [5.41, 5.74) is 7.39. The van der Waals surface area contributed by atoms with E-state index in [2.05, 4.69) is 31.2 Å². The molecular weight excluding hydrogens is 364 g/mol. The molecule has 1 atom stereocenters. The van der Waals surface area contributed by atoms with Crippen molar-refractivity contribution in [3.8, 4) is 16.9 Å². The van der Waals surface area contributed by atoms with E-state index in [4.69, 9.17) is 9.47 Å². The minimum atomic E-state index is -0.932. The molecule has 0 aromatic heterocycles. The number of carboxylic acids is 1.